The highest BCUT2D eigenvalue weighted by Gasteiger charge is 2.46. The SMILES string of the molecule is O=C(CC1(C(=O)O)CCC1)NC1CCOC(c2ccccc2)C1. The molecule has 1 aromatic rings. The molecule has 1 saturated heterocycles. The molecule has 2 N–H and O–H groups in total. The zero-order chi connectivity index (χ0) is 16.3. The molecule has 124 valence electrons. The number of ether oxygens (including phenoxy) is 1. The fourth-order valence-electron chi connectivity index (χ4n) is 3.48. The van der Waals surface area contributed by atoms with Crippen molar-refractivity contribution >= 4 is 11.9 Å². The van der Waals surface area contributed by atoms with Gasteiger partial charge in [0.15, 0.2) is 0 Å². The van der Waals surface area contributed by atoms with Gasteiger partial charge in [-0.1, -0.05) is 36.8 Å². The molecule has 1 amide bonds. The number of nitrogens with one attached hydrogen (secondary N) is 1. The van der Waals surface area contributed by atoms with Gasteiger partial charge < -0.3 is 15.2 Å². The highest BCUT2D eigenvalue weighted by molar-refractivity contribution is 5.85. The van der Waals surface area contributed by atoms with E-state index in [4.69, 9.17) is 4.74 Å². The highest BCUT2D eigenvalue weighted by atomic mass is 16.5. The first-order valence-corrected chi connectivity index (χ1v) is 8.28. The molecule has 2 atom stereocenters. The zero-order valence-electron chi connectivity index (χ0n) is 13.2. The van der Waals surface area contributed by atoms with Crippen LogP contribution in [0.5, 0.6) is 0 Å². The standard InChI is InChI=1S/C18H23NO4/c20-16(12-18(17(21)22)8-4-9-18)19-14-7-10-23-15(11-14)13-5-2-1-3-6-13/h1-3,5-6,14-15H,4,7-12H2,(H,19,20)(H,21,22). The molecule has 1 aliphatic carbocycles. The average molecular weight is 317 g/mol. The minimum absolute atomic E-state index is 0.00705. The van der Waals surface area contributed by atoms with Gasteiger partial charge in [0, 0.05) is 19.1 Å². The van der Waals surface area contributed by atoms with E-state index in [1.807, 2.05) is 30.3 Å². The number of aliphatic carboxylic acids is 1. The van der Waals surface area contributed by atoms with Gasteiger partial charge in [-0.3, -0.25) is 9.59 Å². The van der Waals surface area contributed by atoms with E-state index in [1.165, 1.54) is 0 Å². The summed E-state index contributed by atoms with van der Waals surface area (Å²) in [7, 11) is 0. The molecule has 23 heavy (non-hydrogen) atoms. The van der Waals surface area contributed by atoms with Crippen LogP contribution < -0.4 is 5.32 Å². The fourth-order valence-corrected chi connectivity index (χ4v) is 3.48. The quantitative estimate of drug-likeness (QED) is 0.875. The van der Waals surface area contributed by atoms with Gasteiger partial charge in [0.1, 0.15) is 0 Å². The molecule has 1 aromatic carbocycles. The molecule has 3 rings (SSSR count). The lowest BCUT2D eigenvalue weighted by Crippen LogP contribution is -2.46. The van der Waals surface area contributed by atoms with Crippen LogP contribution in [0.15, 0.2) is 30.3 Å². The number of hydrogen-bond acceptors (Lipinski definition) is 3. The maximum absolute atomic E-state index is 12.3. The maximum Gasteiger partial charge on any atom is 0.310 e. The van der Waals surface area contributed by atoms with Crippen LogP contribution in [0, 0.1) is 5.41 Å². The van der Waals surface area contributed by atoms with Crippen molar-refractivity contribution in [1.29, 1.82) is 0 Å². The van der Waals surface area contributed by atoms with Gasteiger partial charge in [-0.15, -0.1) is 0 Å². The normalized spacial score (nSPS) is 26.1. The number of carboxylic acids is 1. The molecule has 0 spiro atoms. The predicted octanol–water partition coefficient (Wildman–Crippen LogP) is 2.67. The molecule has 1 saturated carbocycles. The lowest BCUT2D eigenvalue weighted by atomic mass is 9.66. The molecule has 5 heteroatoms. The Morgan fingerprint density at radius 1 is 1.26 bits per heavy atom. The molecular weight excluding hydrogens is 294 g/mol. The van der Waals surface area contributed by atoms with Gasteiger partial charge in [-0.2, -0.15) is 0 Å². The van der Waals surface area contributed by atoms with Gasteiger partial charge in [0.05, 0.1) is 11.5 Å². The molecule has 2 unspecified atom stereocenters. The first-order valence-electron chi connectivity index (χ1n) is 8.28. The molecule has 1 aliphatic heterocycles. The van der Waals surface area contributed by atoms with Crippen molar-refractivity contribution in [3.63, 3.8) is 0 Å². The number of hydrogen-bond donors (Lipinski definition) is 2. The van der Waals surface area contributed by atoms with Crippen LogP contribution in [0.2, 0.25) is 0 Å². The molecule has 2 fully saturated rings. The molecule has 2 aliphatic rings. The Hall–Kier alpha value is -1.88. The van der Waals surface area contributed by atoms with Crippen LogP contribution in [-0.4, -0.2) is 29.6 Å². The van der Waals surface area contributed by atoms with Crippen LogP contribution in [-0.2, 0) is 14.3 Å². The summed E-state index contributed by atoms with van der Waals surface area (Å²) in [5.41, 5.74) is 0.293. The summed E-state index contributed by atoms with van der Waals surface area (Å²) in [5, 5.41) is 12.3. The van der Waals surface area contributed by atoms with Crippen LogP contribution >= 0.6 is 0 Å². The Kier molecular flexibility index (Phi) is 4.66. The third kappa shape index (κ3) is 3.55. The second-order valence-electron chi connectivity index (χ2n) is 6.67. The number of carbonyl (C=O) groups is 2. The minimum Gasteiger partial charge on any atom is -0.481 e. The van der Waals surface area contributed by atoms with E-state index in [9.17, 15) is 14.7 Å². The van der Waals surface area contributed by atoms with Crippen molar-refractivity contribution in [2.45, 2.75) is 50.7 Å². The van der Waals surface area contributed by atoms with E-state index in [2.05, 4.69) is 5.32 Å². The summed E-state index contributed by atoms with van der Waals surface area (Å²) in [4.78, 5) is 23.6. The van der Waals surface area contributed by atoms with Gasteiger partial charge in [0.25, 0.3) is 0 Å². The second kappa shape index (κ2) is 6.71. The number of rotatable bonds is 5. The second-order valence-corrected chi connectivity index (χ2v) is 6.67. The lowest BCUT2D eigenvalue weighted by Gasteiger charge is -2.38. The summed E-state index contributed by atoms with van der Waals surface area (Å²) >= 11 is 0. The zero-order valence-corrected chi connectivity index (χ0v) is 13.2. The fraction of sp³-hybridized carbons (Fsp3) is 0.556. The lowest BCUT2D eigenvalue weighted by molar-refractivity contribution is -0.157. The van der Waals surface area contributed by atoms with Crippen LogP contribution in [0.1, 0.15) is 50.2 Å². The summed E-state index contributed by atoms with van der Waals surface area (Å²) < 4.78 is 5.80. The van der Waals surface area contributed by atoms with Crippen molar-refractivity contribution in [3.8, 4) is 0 Å². The smallest absolute Gasteiger partial charge is 0.310 e. The molecule has 5 nitrogen and oxygen atoms in total. The summed E-state index contributed by atoms with van der Waals surface area (Å²) in [6, 6.07) is 10.0. The van der Waals surface area contributed by atoms with E-state index in [-0.39, 0.29) is 24.5 Å². The predicted molar refractivity (Wildman–Crippen MR) is 84.8 cm³/mol. The highest BCUT2D eigenvalue weighted by Crippen LogP contribution is 2.44. The van der Waals surface area contributed by atoms with Crippen molar-refractivity contribution in [3.05, 3.63) is 35.9 Å². The summed E-state index contributed by atoms with van der Waals surface area (Å²) in [6.07, 6.45) is 3.70. The first kappa shape index (κ1) is 16.0. The average Bonchev–Trinajstić information content (AvgIpc) is 2.52. The Labute approximate surface area is 136 Å². The Balaban J connectivity index is 1.55. The Bertz CT molecular complexity index is 568. The summed E-state index contributed by atoms with van der Waals surface area (Å²) in [5.74, 6) is -0.987. The third-order valence-electron chi connectivity index (χ3n) is 5.08. The topological polar surface area (TPSA) is 75.6 Å². The first-order chi connectivity index (χ1) is 11.1. The number of carboxylic acid groups (broad SMARTS) is 1. The van der Waals surface area contributed by atoms with Gasteiger partial charge in [0.2, 0.25) is 5.91 Å². The van der Waals surface area contributed by atoms with E-state index in [0.717, 1.165) is 24.8 Å². The maximum atomic E-state index is 12.3. The molecule has 0 aromatic heterocycles. The number of amides is 1. The number of carbonyl (C=O) groups excluding carboxylic acids is 1. The largest absolute Gasteiger partial charge is 0.481 e. The van der Waals surface area contributed by atoms with Crippen LogP contribution in [0.25, 0.3) is 0 Å². The van der Waals surface area contributed by atoms with Crippen molar-refractivity contribution in [2.24, 2.45) is 5.41 Å². The van der Waals surface area contributed by atoms with E-state index >= 15 is 0 Å². The van der Waals surface area contributed by atoms with Gasteiger partial charge >= 0.3 is 5.97 Å². The Morgan fingerprint density at radius 2 is 2.00 bits per heavy atom. The third-order valence-corrected chi connectivity index (χ3v) is 5.08. The van der Waals surface area contributed by atoms with Crippen LogP contribution in [0.3, 0.4) is 0 Å². The van der Waals surface area contributed by atoms with Crippen molar-refractivity contribution in [2.75, 3.05) is 6.61 Å². The molecular formula is C18H23NO4. The minimum atomic E-state index is -0.840. The molecule has 0 radical (unpaired) electrons. The van der Waals surface area contributed by atoms with E-state index in [0.29, 0.717) is 19.4 Å². The molecule has 1 heterocycles. The monoisotopic (exact) mass is 317 g/mol. The van der Waals surface area contributed by atoms with Gasteiger partial charge in [-0.05, 0) is 31.2 Å². The van der Waals surface area contributed by atoms with Gasteiger partial charge in [-0.25, -0.2) is 0 Å². The van der Waals surface area contributed by atoms with E-state index < -0.39 is 11.4 Å². The number of benzene rings is 1. The van der Waals surface area contributed by atoms with E-state index in [1.54, 1.807) is 0 Å². The van der Waals surface area contributed by atoms with Crippen LogP contribution in [0.4, 0.5) is 0 Å². The van der Waals surface area contributed by atoms with Crippen molar-refractivity contribution < 1.29 is 19.4 Å². The van der Waals surface area contributed by atoms with Crippen molar-refractivity contribution in [1.82, 2.24) is 5.32 Å². The summed E-state index contributed by atoms with van der Waals surface area (Å²) in [6.45, 7) is 0.606. The Morgan fingerprint density at radius 3 is 2.61 bits per heavy atom. The molecule has 0 bridgehead atoms.